The second-order valence-electron chi connectivity index (χ2n) is 9.20. The Morgan fingerprint density at radius 2 is 1.59 bits per heavy atom. The number of nitrogens with one attached hydrogen (secondary N) is 1. The molecule has 152 valence electrons. The minimum Gasteiger partial charge on any atom is -0.456 e. The molecule has 0 bridgehead atoms. The molecule has 0 atom stereocenters. The molecule has 0 radical (unpaired) electrons. The fraction of sp³-hybridized carbons (Fsp3) is 0.333. The molecule has 2 amide bonds. The summed E-state index contributed by atoms with van der Waals surface area (Å²) >= 11 is 0.902. The van der Waals surface area contributed by atoms with E-state index in [1.807, 2.05) is 30.3 Å². The van der Waals surface area contributed by atoms with Crippen LogP contribution in [0.1, 0.15) is 58.2 Å². The largest absolute Gasteiger partial charge is 0.456 e. The average Bonchev–Trinajstić information content (AvgIpc) is 2.92. The van der Waals surface area contributed by atoms with Crippen LogP contribution in [0.5, 0.6) is 11.5 Å². The van der Waals surface area contributed by atoms with Gasteiger partial charge < -0.3 is 4.74 Å². The van der Waals surface area contributed by atoms with E-state index in [4.69, 9.17) is 4.74 Å². The first-order valence-corrected chi connectivity index (χ1v) is 10.4. The monoisotopic (exact) mass is 409 g/mol. The van der Waals surface area contributed by atoms with Crippen LogP contribution in [0.2, 0.25) is 0 Å². The lowest BCUT2D eigenvalue weighted by Crippen LogP contribution is -2.17. The number of benzene rings is 2. The van der Waals surface area contributed by atoms with Crippen molar-refractivity contribution in [2.45, 2.75) is 52.4 Å². The highest BCUT2D eigenvalue weighted by atomic mass is 32.2. The number of carbonyl (C=O) groups is 2. The first-order valence-electron chi connectivity index (χ1n) is 9.62. The predicted octanol–water partition coefficient (Wildman–Crippen LogP) is 6.40. The summed E-state index contributed by atoms with van der Waals surface area (Å²) in [5.41, 5.74) is 3.07. The SMILES string of the molecule is CC(C)(C)c1ccc(Oc2ccccc2/C=C2\SC(=O)NC2=O)c(C(C)(C)C)c1. The molecular weight excluding hydrogens is 382 g/mol. The van der Waals surface area contributed by atoms with Crippen LogP contribution in [0.25, 0.3) is 6.08 Å². The van der Waals surface area contributed by atoms with Crippen molar-refractivity contribution in [1.29, 1.82) is 0 Å². The first kappa shape index (κ1) is 21.2. The molecule has 2 aromatic rings. The number of imide groups is 1. The third-order valence-corrected chi connectivity index (χ3v) is 5.53. The topological polar surface area (TPSA) is 55.4 Å². The molecule has 29 heavy (non-hydrogen) atoms. The van der Waals surface area contributed by atoms with Crippen molar-refractivity contribution >= 4 is 29.0 Å². The van der Waals surface area contributed by atoms with Gasteiger partial charge in [0.25, 0.3) is 11.1 Å². The molecule has 1 N–H and O–H groups in total. The van der Waals surface area contributed by atoms with Crippen molar-refractivity contribution in [2.24, 2.45) is 0 Å². The minimum absolute atomic E-state index is 0.0421. The third-order valence-electron chi connectivity index (χ3n) is 4.72. The predicted molar refractivity (Wildman–Crippen MR) is 119 cm³/mol. The Balaban J connectivity index is 2.02. The maximum atomic E-state index is 11.9. The molecule has 2 aromatic carbocycles. The van der Waals surface area contributed by atoms with Gasteiger partial charge in [-0.3, -0.25) is 14.9 Å². The molecule has 3 rings (SSSR count). The summed E-state index contributed by atoms with van der Waals surface area (Å²) in [6.07, 6.45) is 1.69. The van der Waals surface area contributed by atoms with Crippen LogP contribution in [-0.2, 0) is 15.6 Å². The van der Waals surface area contributed by atoms with Gasteiger partial charge in [-0.25, -0.2) is 0 Å². The number of amides is 2. The summed E-state index contributed by atoms with van der Waals surface area (Å²) in [5.74, 6) is 1.05. The number of rotatable bonds is 3. The molecule has 0 aromatic heterocycles. The molecule has 1 heterocycles. The Labute approximate surface area is 176 Å². The van der Waals surface area contributed by atoms with Crippen molar-refractivity contribution in [3.05, 3.63) is 64.1 Å². The molecule has 1 fully saturated rings. The van der Waals surface area contributed by atoms with Crippen LogP contribution >= 0.6 is 11.8 Å². The van der Waals surface area contributed by atoms with Crippen LogP contribution in [0.4, 0.5) is 4.79 Å². The van der Waals surface area contributed by atoms with E-state index in [0.717, 1.165) is 28.6 Å². The van der Waals surface area contributed by atoms with Crippen LogP contribution in [-0.4, -0.2) is 11.1 Å². The second kappa shape index (κ2) is 7.71. The average molecular weight is 410 g/mol. The number of hydrogen-bond donors (Lipinski definition) is 1. The van der Waals surface area contributed by atoms with Crippen LogP contribution in [0.3, 0.4) is 0 Å². The van der Waals surface area contributed by atoms with Crippen molar-refractivity contribution in [3.63, 3.8) is 0 Å². The van der Waals surface area contributed by atoms with E-state index in [1.54, 1.807) is 6.08 Å². The van der Waals surface area contributed by atoms with E-state index in [9.17, 15) is 9.59 Å². The minimum atomic E-state index is -0.375. The number of para-hydroxylation sites is 1. The van der Waals surface area contributed by atoms with Crippen LogP contribution in [0.15, 0.2) is 47.4 Å². The van der Waals surface area contributed by atoms with Gasteiger partial charge in [-0.15, -0.1) is 0 Å². The summed E-state index contributed by atoms with van der Waals surface area (Å²) in [5, 5.41) is 1.93. The zero-order valence-corrected chi connectivity index (χ0v) is 18.6. The third kappa shape index (κ3) is 4.91. The lowest BCUT2D eigenvalue weighted by atomic mass is 9.80. The van der Waals surface area contributed by atoms with E-state index < -0.39 is 0 Å². The van der Waals surface area contributed by atoms with E-state index >= 15 is 0 Å². The van der Waals surface area contributed by atoms with Gasteiger partial charge in [0.05, 0.1) is 4.91 Å². The maximum absolute atomic E-state index is 11.9. The quantitative estimate of drug-likeness (QED) is 0.596. The van der Waals surface area contributed by atoms with E-state index in [2.05, 4.69) is 59.0 Å². The Bertz CT molecular complexity index is 994. The molecule has 0 unspecified atom stereocenters. The van der Waals surface area contributed by atoms with Crippen molar-refractivity contribution in [2.75, 3.05) is 0 Å². The van der Waals surface area contributed by atoms with Gasteiger partial charge in [0.2, 0.25) is 0 Å². The van der Waals surface area contributed by atoms with Gasteiger partial charge in [-0.05, 0) is 46.4 Å². The van der Waals surface area contributed by atoms with Gasteiger partial charge in [0.15, 0.2) is 0 Å². The molecule has 1 aliphatic heterocycles. The molecule has 4 nitrogen and oxygen atoms in total. The fourth-order valence-corrected chi connectivity index (χ4v) is 3.72. The summed E-state index contributed by atoms with van der Waals surface area (Å²) in [6, 6.07) is 13.9. The van der Waals surface area contributed by atoms with Crippen molar-refractivity contribution < 1.29 is 14.3 Å². The summed E-state index contributed by atoms with van der Waals surface area (Å²) < 4.78 is 6.34. The lowest BCUT2D eigenvalue weighted by molar-refractivity contribution is -0.115. The molecular formula is C24H27NO3S. The molecule has 5 heteroatoms. The Morgan fingerprint density at radius 1 is 0.897 bits per heavy atom. The number of hydrogen-bond acceptors (Lipinski definition) is 4. The highest BCUT2D eigenvalue weighted by Crippen LogP contribution is 2.39. The molecule has 0 saturated carbocycles. The Kier molecular flexibility index (Phi) is 5.63. The molecule has 1 saturated heterocycles. The fourth-order valence-electron chi connectivity index (χ4n) is 3.05. The van der Waals surface area contributed by atoms with Gasteiger partial charge >= 0.3 is 0 Å². The summed E-state index contributed by atoms with van der Waals surface area (Å²) in [6.45, 7) is 13.1. The molecule has 1 aliphatic rings. The summed E-state index contributed by atoms with van der Waals surface area (Å²) in [7, 11) is 0. The summed E-state index contributed by atoms with van der Waals surface area (Å²) in [4.78, 5) is 23.7. The Morgan fingerprint density at radius 3 is 2.17 bits per heavy atom. The van der Waals surface area contributed by atoms with Gasteiger partial charge in [0.1, 0.15) is 11.5 Å². The number of carbonyl (C=O) groups excluding carboxylic acids is 2. The highest BCUT2D eigenvalue weighted by Gasteiger charge is 2.26. The standard InChI is InChI=1S/C24H27NO3S/c1-23(2,3)16-11-12-19(17(14-16)24(4,5)6)28-18-10-8-7-9-15(18)13-20-21(26)25-22(27)29-20/h7-14H,1-6H3,(H,25,26,27)/b20-13-. The molecule has 0 aliphatic carbocycles. The second-order valence-corrected chi connectivity index (χ2v) is 10.2. The lowest BCUT2D eigenvalue weighted by Gasteiger charge is -2.27. The number of thioether (sulfide) groups is 1. The van der Waals surface area contributed by atoms with Crippen molar-refractivity contribution in [1.82, 2.24) is 5.32 Å². The maximum Gasteiger partial charge on any atom is 0.290 e. The normalized spacial score (nSPS) is 16.3. The Hall–Kier alpha value is -2.53. The number of ether oxygens (including phenoxy) is 1. The van der Waals surface area contributed by atoms with E-state index in [1.165, 1.54) is 5.56 Å². The van der Waals surface area contributed by atoms with Gasteiger partial charge in [-0.1, -0.05) is 71.9 Å². The first-order chi connectivity index (χ1) is 13.4. The highest BCUT2D eigenvalue weighted by molar-refractivity contribution is 8.18. The zero-order valence-electron chi connectivity index (χ0n) is 17.8. The van der Waals surface area contributed by atoms with Gasteiger partial charge in [-0.2, -0.15) is 0 Å². The molecule has 0 spiro atoms. The smallest absolute Gasteiger partial charge is 0.290 e. The zero-order chi connectivity index (χ0) is 21.4. The van der Waals surface area contributed by atoms with Crippen LogP contribution in [0, 0.1) is 0 Å². The van der Waals surface area contributed by atoms with E-state index in [-0.39, 0.29) is 22.0 Å². The van der Waals surface area contributed by atoms with Gasteiger partial charge in [0, 0.05) is 11.1 Å². The van der Waals surface area contributed by atoms with E-state index in [0.29, 0.717) is 10.7 Å². The van der Waals surface area contributed by atoms with Crippen molar-refractivity contribution in [3.8, 4) is 11.5 Å². The van der Waals surface area contributed by atoms with Crippen LogP contribution < -0.4 is 10.1 Å².